The summed E-state index contributed by atoms with van der Waals surface area (Å²) in [5.74, 6) is -1.09. The fourth-order valence-corrected chi connectivity index (χ4v) is 1.30. The summed E-state index contributed by atoms with van der Waals surface area (Å²) in [6.45, 7) is 0. The molecule has 0 atom stereocenters. The number of rotatable bonds is 3. The molecule has 0 saturated carbocycles. The number of benzene rings is 1. The van der Waals surface area contributed by atoms with Gasteiger partial charge in [0.1, 0.15) is 6.29 Å². The quantitative estimate of drug-likeness (QED) is 0.768. The number of hydrogen-bond donors (Lipinski definition) is 1. The van der Waals surface area contributed by atoms with E-state index in [1.54, 1.807) is 6.20 Å². The van der Waals surface area contributed by atoms with Crippen molar-refractivity contribution in [1.82, 2.24) is 15.0 Å². The number of aromatic carboxylic acids is 1. The summed E-state index contributed by atoms with van der Waals surface area (Å²) >= 11 is 0. The van der Waals surface area contributed by atoms with Crippen LogP contribution >= 0.6 is 0 Å². The molecule has 1 aromatic heterocycles. The van der Waals surface area contributed by atoms with Crippen molar-refractivity contribution in [3.05, 3.63) is 41.7 Å². The van der Waals surface area contributed by atoms with Crippen LogP contribution in [-0.4, -0.2) is 32.4 Å². The molecule has 0 unspecified atom stereocenters. The first-order chi connectivity index (χ1) is 7.70. The minimum atomic E-state index is -1.09. The van der Waals surface area contributed by atoms with Crippen LogP contribution in [0.15, 0.2) is 30.6 Å². The van der Waals surface area contributed by atoms with Crippen molar-refractivity contribution >= 4 is 12.3 Å². The van der Waals surface area contributed by atoms with Crippen molar-refractivity contribution in [1.29, 1.82) is 0 Å². The predicted octanol–water partition coefficient (Wildman–Crippen LogP) is 0.778. The van der Waals surface area contributed by atoms with Gasteiger partial charge in [0.05, 0.1) is 23.6 Å². The highest BCUT2D eigenvalue weighted by Gasteiger charge is 2.08. The molecule has 0 spiro atoms. The van der Waals surface area contributed by atoms with Crippen molar-refractivity contribution in [2.75, 3.05) is 0 Å². The Kier molecular flexibility index (Phi) is 2.47. The molecule has 80 valence electrons. The minimum absolute atomic E-state index is 0.0371. The molecule has 0 saturated heterocycles. The van der Waals surface area contributed by atoms with Crippen LogP contribution in [0.3, 0.4) is 0 Å². The summed E-state index contributed by atoms with van der Waals surface area (Å²) in [5, 5.41) is 16.2. The second-order valence-corrected chi connectivity index (χ2v) is 3.08. The van der Waals surface area contributed by atoms with Gasteiger partial charge in [-0.2, -0.15) is 0 Å². The highest BCUT2D eigenvalue weighted by molar-refractivity contribution is 5.91. The maximum Gasteiger partial charge on any atom is 0.335 e. The lowest BCUT2D eigenvalue weighted by Gasteiger charge is -2.03. The van der Waals surface area contributed by atoms with Crippen molar-refractivity contribution < 1.29 is 14.7 Å². The normalized spacial score (nSPS) is 10.0. The molecule has 0 aliphatic heterocycles. The molecule has 6 nitrogen and oxygen atoms in total. The molecule has 1 aromatic carbocycles. The van der Waals surface area contributed by atoms with Gasteiger partial charge in [-0.1, -0.05) is 5.21 Å². The molecule has 0 radical (unpaired) electrons. The zero-order chi connectivity index (χ0) is 11.5. The van der Waals surface area contributed by atoms with Crippen LogP contribution in [0.4, 0.5) is 0 Å². The molecule has 0 bridgehead atoms. The number of aldehydes is 1. The van der Waals surface area contributed by atoms with E-state index in [-0.39, 0.29) is 11.1 Å². The van der Waals surface area contributed by atoms with Crippen LogP contribution in [-0.2, 0) is 0 Å². The van der Waals surface area contributed by atoms with Crippen molar-refractivity contribution in [3.63, 3.8) is 0 Å². The Morgan fingerprint density at radius 3 is 2.75 bits per heavy atom. The molecule has 2 aromatic rings. The van der Waals surface area contributed by atoms with Crippen LogP contribution in [0.25, 0.3) is 5.69 Å². The van der Waals surface area contributed by atoms with Gasteiger partial charge in [0.2, 0.25) is 0 Å². The molecule has 1 heterocycles. The molecule has 2 rings (SSSR count). The minimum Gasteiger partial charge on any atom is -0.478 e. The SMILES string of the molecule is O=Cc1cc(C(=O)O)cc(-n2ccnn2)c1. The van der Waals surface area contributed by atoms with Gasteiger partial charge >= 0.3 is 5.97 Å². The van der Waals surface area contributed by atoms with E-state index < -0.39 is 5.97 Å². The fourth-order valence-electron chi connectivity index (χ4n) is 1.30. The Morgan fingerprint density at radius 1 is 1.38 bits per heavy atom. The van der Waals surface area contributed by atoms with Crippen molar-refractivity contribution in [3.8, 4) is 5.69 Å². The third kappa shape index (κ3) is 1.81. The molecule has 0 aliphatic rings. The average molecular weight is 217 g/mol. The maximum absolute atomic E-state index is 10.8. The summed E-state index contributed by atoms with van der Waals surface area (Å²) in [7, 11) is 0. The Morgan fingerprint density at radius 2 is 2.19 bits per heavy atom. The first kappa shape index (κ1) is 10.0. The molecule has 0 aliphatic carbocycles. The number of carbonyl (C=O) groups is 2. The third-order valence-corrected chi connectivity index (χ3v) is 2.01. The van der Waals surface area contributed by atoms with Gasteiger partial charge < -0.3 is 5.11 Å². The largest absolute Gasteiger partial charge is 0.478 e. The third-order valence-electron chi connectivity index (χ3n) is 2.01. The lowest BCUT2D eigenvalue weighted by atomic mass is 10.1. The highest BCUT2D eigenvalue weighted by Crippen LogP contribution is 2.12. The van der Waals surface area contributed by atoms with E-state index in [1.165, 1.54) is 29.1 Å². The second kappa shape index (κ2) is 3.93. The topological polar surface area (TPSA) is 85.1 Å². The van der Waals surface area contributed by atoms with Crippen LogP contribution in [0.5, 0.6) is 0 Å². The Labute approximate surface area is 90.1 Å². The fraction of sp³-hybridized carbons (Fsp3) is 0. The van der Waals surface area contributed by atoms with E-state index in [4.69, 9.17) is 5.11 Å². The number of aromatic nitrogens is 3. The molecular formula is C10H7N3O3. The summed E-state index contributed by atoms with van der Waals surface area (Å²) in [6.07, 6.45) is 3.62. The van der Waals surface area contributed by atoms with Crippen LogP contribution in [0.2, 0.25) is 0 Å². The van der Waals surface area contributed by atoms with Gasteiger partial charge in [0.25, 0.3) is 0 Å². The van der Waals surface area contributed by atoms with Gasteiger partial charge in [-0.05, 0) is 18.2 Å². The lowest BCUT2D eigenvalue weighted by Crippen LogP contribution is -2.02. The van der Waals surface area contributed by atoms with Crippen molar-refractivity contribution in [2.24, 2.45) is 0 Å². The number of nitrogens with zero attached hydrogens (tertiary/aromatic N) is 3. The number of carbonyl (C=O) groups excluding carboxylic acids is 1. The molecular weight excluding hydrogens is 210 g/mol. The predicted molar refractivity (Wildman–Crippen MR) is 53.7 cm³/mol. The molecule has 16 heavy (non-hydrogen) atoms. The molecule has 0 fully saturated rings. The molecule has 0 amide bonds. The smallest absolute Gasteiger partial charge is 0.335 e. The van der Waals surface area contributed by atoms with E-state index in [0.717, 1.165) is 0 Å². The van der Waals surface area contributed by atoms with E-state index in [2.05, 4.69) is 10.3 Å². The Hall–Kier alpha value is -2.50. The molecule has 6 heteroatoms. The summed E-state index contributed by atoms with van der Waals surface area (Å²) < 4.78 is 1.39. The van der Waals surface area contributed by atoms with Gasteiger partial charge in [0.15, 0.2) is 0 Å². The van der Waals surface area contributed by atoms with Gasteiger partial charge in [-0.3, -0.25) is 4.79 Å². The first-order valence-corrected chi connectivity index (χ1v) is 4.41. The summed E-state index contributed by atoms with van der Waals surface area (Å²) in [6, 6.07) is 4.26. The number of carboxylic acids is 1. The van der Waals surface area contributed by atoms with Crippen LogP contribution in [0, 0.1) is 0 Å². The summed E-state index contributed by atoms with van der Waals surface area (Å²) in [4.78, 5) is 21.5. The van der Waals surface area contributed by atoms with Gasteiger partial charge in [-0.25, -0.2) is 9.48 Å². The van der Waals surface area contributed by atoms with E-state index in [9.17, 15) is 9.59 Å². The zero-order valence-electron chi connectivity index (χ0n) is 8.07. The standard InChI is InChI=1S/C10H7N3O3/c14-6-7-3-8(10(15)16)5-9(4-7)13-2-1-11-12-13/h1-6H,(H,15,16). The lowest BCUT2D eigenvalue weighted by molar-refractivity contribution is 0.0697. The first-order valence-electron chi connectivity index (χ1n) is 4.41. The van der Waals surface area contributed by atoms with E-state index in [1.807, 2.05) is 0 Å². The van der Waals surface area contributed by atoms with Crippen molar-refractivity contribution in [2.45, 2.75) is 0 Å². The number of hydrogen-bond acceptors (Lipinski definition) is 4. The van der Waals surface area contributed by atoms with E-state index >= 15 is 0 Å². The van der Waals surface area contributed by atoms with Crippen LogP contribution in [0.1, 0.15) is 20.7 Å². The summed E-state index contributed by atoms with van der Waals surface area (Å²) in [5.41, 5.74) is 0.806. The maximum atomic E-state index is 10.8. The van der Waals surface area contributed by atoms with Gasteiger partial charge in [-0.15, -0.1) is 5.10 Å². The van der Waals surface area contributed by atoms with E-state index in [0.29, 0.717) is 12.0 Å². The highest BCUT2D eigenvalue weighted by atomic mass is 16.4. The number of carboxylic acid groups (broad SMARTS) is 1. The van der Waals surface area contributed by atoms with Gasteiger partial charge in [0, 0.05) is 5.56 Å². The Bertz CT molecular complexity index is 534. The monoisotopic (exact) mass is 217 g/mol. The van der Waals surface area contributed by atoms with Crippen LogP contribution < -0.4 is 0 Å². The average Bonchev–Trinajstić information content (AvgIpc) is 2.81. The zero-order valence-corrected chi connectivity index (χ0v) is 8.07. The second-order valence-electron chi connectivity index (χ2n) is 3.08. The molecule has 1 N–H and O–H groups in total. The Balaban J connectivity index is 2.58.